The average Bonchev–Trinajstić information content (AvgIpc) is 2.58. The van der Waals surface area contributed by atoms with Crippen LogP contribution in [-0.2, 0) is 14.8 Å². The maximum atomic E-state index is 12.7. The number of sulfonamides is 1. The molecular weight excluding hydrogens is 371 g/mol. The lowest BCUT2D eigenvalue weighted by molar-refractivity contribution is -0.907. The van der Waals surface area contributed by atoms with E-state index in [9.17, 15) is 8.42 Å². The number of ether oxygens (including phenoxy) is 1. The highest BCUT2D eigenvalue weighted by Gasteiger charge is 2.32. The Balaban J connectivity index is 1.59. The third-order valence-corrected chi connectivity index (χ3v) is 7.38. The number of hydrogen-bond acceptors (Lipinski definition) is 3. The zero-order valence-electron chi connectivity index (χ0n) is 13.5. The van der Waals surface area contributed by atoms with Crippen molar-refractivity contribution in [2.75, 3.05) is 39.3 Å². The van der Waals surface area contributed by atoms with Crippen LogP contribution in [-0.4, -0.2) is 58.2 Å². The Morgan fingerprint density at radius 2 is 1.92 bits per heavy atom. The smallest absolute Gasteiger partial charge is 0.243 e. The van der Waals surface area contributed by atoms with E-state index < -0.39 is 10.0 Å². The molecule has 1 aromatic carbocycles. The zero-order chi connectivity index (χ0) is 17.2. The van der Waals surface area contributed by atoms with Crippen LogP contribution in [0, 0.1) is 0 Å². The molecule has 0 bridgehead atoms. The van der Waals surface area contributed by atoms with Gasteiger partial charge in [0, 0.05) is 6.61 Å². The predicted molar refractivity (Wildman–Crippen MR) is 94.4 cm³/mol. The van der Waals surface area contributed by atoms with Crippen LogP contribution < -0.4 is 4.90 Å². The summed E-state index contributed by atoms with van der Waals surface area (Å²) >= 11 is 11.8. The van der Waals surface area contributed by atoms with Gasteiger partial charge in [0.1, 0.15) is 12.6 Å². The van der Waals surface area contributed by atoms with E-state index in [4.69, 9.17) is 27.9 Å². The minimum atomic E-state index is -3.51. The van der Waals surface area contributed by atoms with Crippen LogP contribution in [0.3, 0.4) is 0 Å². The average molecular weight is 394 g/mol. The molecule has 2 saturated heterocycles. The van der Waals surface area contributed by atoms with Crippen LogP contribution in [0.15, 0.2) is 23.1 Å². The van der Waals surface area contributed by atoms with Crippen molar-refractivity contribution >= 4 is 33.2 Å². The molecule has 24 heavy (non-hydrogen) atoms. The predicted octanol–water partition coefficient (Wildman–Crippen LogP) is 1.45. The lowest BCUT2D eigenvalue weighted by Gasteiger charge is -2.34. The highest BCUT2D eigenvalue weighted by Crippen LogP contribution is 2.26. The first-order chi connectivity index (χ1) is 11.5. The molecule has 3 rings (SSSR count). The summed E-state index contributed by atoms with van der Waals surface area (Å²) in [5.41, 5.74) is 0. The van der Waals surface area contributed by atoms with Gasteiger partial charge in [0.2, 0.25) is 10.0 Å². The summed E-state index contributed by atoms with van der Waals surface area (Å²) in [5, 5.41) is 0.619. The van der Waals surface area contributed by atoms with Crippen molar-refractivity contribution in [1.82, 2.24) is 4.31 Å². The topological polar surface area (TPSA) is 51.0 Å². The molecule has 0 unspecified atom stereocenters. The van der Waals surface area contributed by atoms with Crippen LogP contribution >= 0.6 is 23.2 Å². The van der Waals surface area contributed by atoms with Gasteiger partial charge in [0.15, 0.2) is 0 Å². The highest BCUT2D eigenvalue weighted by atomic mass is 35.5. The SMILES string of the molecule is O=S(=O)(c1ccc(Cl)c(Cl)c1)N1CC[NH+](C[C@H]2CCCCO2)CC1. The second kappa shape index (κ2) is 7.89. The molecule has 134 valence electrons. The van der Waals surface area contributed by atoms with E-state index >= 15 is 0 Å². The van der Waals surface area contributed by atoms with E-state index in [1.54, 1.807) is 0 Å². The van der Waals surface area contributed by atoms with Gasteiger partial charge in [-0.2, -0.15) is 4.31 Å². The van der Waals surface area contributed by atoms with Crippen LogP contribution in [0.25, 0.3) is 0 Å². The van der Waals surface area contributed by atoms with Crippen molar-refractivity contribution in [3.63, 3.8) is 0 Å². The maximum absolute atomic E-state index is 12.7. The van der Waals surface area contributed by atoms with Crippen molar-refractivity contribution in [2.45, 2.75) is 30.3 Å². The Morgan fingerprint density at radius 1 is 1.17 bits per heavy atom. The third kappa shape index (κ3) is 4.23. The van der Waals surface area contributed by atoms with Gasteiger partial charge in [0.25, 0.3) is 0 Å². The van der Waals surface area contributed by atoms with Crippen LogP contribution in [0.5, 0.6) is 0 Å². The number of halogens is 2. The number of benzene rings is 1. The minimum absolute atomic E-state index is 0.205. The van der Waals surface area contributed by atoms with Gasteiger partial charge in [-0.3, -0.25) is 0 Å². The summed E-state index contributed by atoms with van der Waals surface area (Å²) in [7, 11) is -3.51. The number of piperazine rings is 1. The molecule has 2 fully saturated rings. The van der Waals surface area contributed by atoms with Crippen LogP contribution in [0.4, 0.5) is 0 Å². The van der Waals surface area contributed by atoms with E-state index in [0.29, 0.717) is 24.2 Å². The molecule has 2 aliphatic heterocycles. The summed E-state index contributed by atoms with van der Waals surface area (Å²) in [6.07, 6.45) is 3.83. The second-order valence-corrected chi connectivity index (χ2v) is 9.18. The zero-order valence-corrected chi connectivity index (χ0v) is 15.8. The fourth-order valence-corrected chi connectivity index (χ4v) is 5.15. The quantitative estimate of drug-likeness (QED) is 0.841. The summed E-state index contributed by atoms with van der Waals surface area (Å²) < 4.78 is 32.8. The number of quaternary nitrogens is 1. The molecule has 2 aliphatic rings. The second-order valence-electron chi connectivity index (χ2n) is 6.42. The lowest BCUT2D eigenvalue weighted by atomic mass is 10.1. The first-order valence-electron chi connectivity index (χ1n) is 8.37. The first-order valence-corrected chi connectivity index (χ1v) is 10.6. The van der Waals surface area contributed by atoms with Crippen molar-refractivity contribution in [1.29, 1.82) is 0 Å². The standard InChI is InChI=1S/C16H22Cl2N2O3S/c17-15-5-4-14(11-16(15)18)24(21,22)20-8-6-19(7-9-20)12-13-3-1-2-10-23-13/h4-5,11,13H,1-3,6-10,12H2/p+1/t13-/m1/s1. The molecule has 0 aliphatic carbocycles. The van der Waals surface area contributed by atoms with Gasteiger partial charge in [-0.15, -0.1) is 0 Å². The normalized spacial score (nSPS) is 24.2. The van der Waals surface area contributed by atoms with E-state index in [0.717, 1.165) is 39.1 Å². The van der Waals surface area contributed by atoms with Crippen molar-refractivity contribution in [3.8, 4) is 0 Å². The Labute approximate surface area is 153 Å². The van der Waals surface area contributed by atoms with Crippen molar-refractivity contribution in [3.05, 3.63) is 28.2 Å². The van der Waals surface area contributed by atoms with Gasteiger partial charge in [-0.05, 0) is 37.5 Å². The van der Waals surface area contributed by atoms with Crippen molar-refractivity contribution < 1.29 is 18.1 Å². The lowest BCUT2D eigenvalue weighted by Crippen LogP contribution is -3.15. The molecule has 8 heteroatoms. The van der Waals surface area contributed by atoms with E-state index in [1.807, 2.05) is 0 Å². The molecule has 1 N–H and O–H groups in total. The summed E-state index contributed by atoms with van der Waals surface area (Å²) in [5.74, 6) is 0. The van der Waals surface area contributed by atoms with Gasteiger partial charge in [-0.1, -0.05) is 23.2 Å². The molecule has 2 heterocycles. The third-order valence-electron chi connectivity index (χ3n) is 4.75. The number of rotatable bonds is 4. The molecule has 5 nitrogen and oxygen atoms in total. The van der Waals surface area contributed by atoms with Gasteiger partial charge in [0.05, 0.1) is 41.1 Å². The monoisotopic (exact) mass is 393 g/mol. The molecule has 0 saturated carbocycles. The number of nitrogens with zero attached hydrogens (tertiary/aromatic N) is 1. The number of hydrogen-bond donors (Lipinski definition) is 1. The Morgan fingerprint density at radius 3 is 2.54 bits per heavy atom. The minimum Gasteiger partial charge on any atom is -0.372 e. The van der Waals surface area contributed by atoms with Gasteiger partial charge in [-0.25, -0.2) is 8.42 Å². The fourth-order valence-electron chi connectivity index (χ4n) is 3.32. The molecule has 1 atom stereocenters. The Hall–Kier alpha value is -0.370. The van der Waals surface area contributed by atoms with E-state index in [1.165, 1.54) is 33.8 Å². The summed E-state index contributed by atoms with van der Waals surface area (Å²) in [4.78, 5) is 1.62. The maximum Gasteiger partial charge on any atom is 0.243 e. The highest BCUT2D eigenvalue weighted by molar-refractivity contribution is 7.89. The summed E-state index contributed by atoms with van der Waals surface area (Å²) in [6, 6.07) is 4.46. The van der Waals surface area contributed by atoms with Gasteiger partial charge >= 0.3 is 0 Å². The Kier molecular flexibility index (Phi) is 6.06. The Bertz CT molecular complexity index is 670. The largest absolute Gasteiger partial charge is 0.372 e. The molecule has 0 spiro atoms. The molecule has 1 aromatic rings. The molecule has 0 aromatic heterocycles. The van der Waals surface area contributed by atoms with Crippen LogP contribution in [0.2, 0.25) is 10.0 Å². The first kappa shape index (κ1) is 18.4. The molecule has 0 radical (unpaired) electrons. The number of nitrogens with one attached hydrogen (secondary N) is 1. The van der Waals surface area contributed by atoms with Crippen LogP contribution in [0.1, 0.15) is 19.3 Å². The van der Waals surface area contributed by atoms with E-state index in [2.05, 4.69) is 0 Å². The van der Waals surface area contributed by atoms with Crippen molar-refractivity contribution in [2.24, 2.45) is 0 Å². The molecule has 0 amide bonds. The van der Waals surface area contributed by atoms with Gasteiger partial charge < -0.3 is 9.64 Å². The van der Waals surface area contributed by atoms with E-state index in [-0.39, 0.29) is 9.92 Å². The molecular formula is C16H23Cl2N2O3S+. The fraction of sp³-hybridized carbons (Fsp3) is 0.625. The summed E-state index contributed by atoms with van der Waals surface area (Å²) in [6.45, 7) is 4.48.